The van der Waals surface area contributed by atoms with Crippen LogP contribution in [0.25, 0.3) is 0 Å². The summed E-state index contributed by atoms with van der Waals surface area (Å²) in [5, 5.41) is 6.56. The van der Waals surface area contributed by atoms with E-state index in [9.17, 15) is 0 Å². The van der Waals surface area contributed by atoms with Crippen LogP contribution in [0.3, 0.4) is 0 Å². The standard InChI is InChI=1S/C9H16N4OS/c1-10-9(15)12-3-2-4-14-6-8-5-11-7-13-8/h5,7H,2-4,6H2,1H3,(H,11,13)(H2,10,12,15). The lowest BCUT2D eigenvalue weighted by Crippen LogP contribution is -2.33. The fourth-order valence-electron chi connectivity index (χ4n) is 1.01. The van der Waals surface area contributed by atoms with Gasteiger partial charge < -0.3 is 20.4 Å². The van der Waals surface area contributed by atoms with Crippen molar-refractivity contribution in [1.82, 2.24) is 20.6 Å². The molecule has 1 aromatic heterocycles. The first-order chi connectivity index (χ1) is 7.33. The molecule has 1 aromatic rings. The molecule has 0 radical (unpaired) electrons. The maximum atomic E-state index is 5.41. The van der Waals surface area contributed by atoms with E-state index in [4.69, 9.17) is 17.0 Å². The van der Waals surface area contributed by atoms with Crippen LogP contribution in [0.2, 0.25) is 0 Å². The van der Waals surface area contributed by atoms with E-state index < -0.39 is 0 Å². The predicted molar refractivity (Wildman–Crippen MR) is 62.5 cm³/mol. The Bertz CT molecular complexity index is 276. The van der Waals surface area contributed by atoms with Gasteiger partial charge in [0.25, 0.3) is 0 Å². The average molecular weight is 228 g/mol. The second-order valence-electron chi connectivity index (χ2n) is 2.97. The Hall–Kier alpha value is -1.14. The molecule has 0 saturated heterocycles. The summed E-state index contributed by atoms with van der Waals surface area (Å²) in [6.07, 6.45) is 4.40. The summed E-state index contributed by atoms with van der Waals surface area (Å²) < 4.78 is 5.41. The third-order valence-corrected chi connectivity index (χ3v) is 2.13. The van der Waals surface area contributed by atoms with Crippen LogP contribution in [0.5, 0.6) is 0 Å². The van der Waals surface area contributed by atoms with Crippen LogP contribution < -0.4 is 10.6 Å². The minimum absolute atomic E-state index is 0.556. The lowest BCUT2D eigenvalue weighted by atomic mass is 10.4. The van der Waals surface area contributed by atoms with E-state index in [1.54, 1.807) is 13.4 Å². The van der Waals surface area contributed by atoms with Gasteiger partial charge in [0.2, 0.25) is 0 Å². The van der Waals surface area contributed by atoms with Gasteiger partial charge in [-0.15, -0.1) is 0 Å². The number of nitrogens with one attached hydrogen (secondary N) is 3. The topological polar surface area (TPSA) is 62.0 Å². The molecule has 1 rings (SSSR count). The first-order valence-corrected chi connectivity index (χ1v) is 5.24. The molecule has 0 unspecified atom stereocenters. The molecule has 0 saturated carbocycles. The normalized spacial score (nSPS) is 9.93. The van der Waals surface area contributed by atoms with Gasteiger partial charge in [-0.2, -0.15) is 0 Å². The largest absolute Gasteiger partial charge is 0.375 e. The highest BCUT2D eigenvalue weighted by molar-refractivity contribution is 7.80. The third-order valence-electron chi connectivity index (χ3n) is 1.78. The molecule has 0 fully saturated rings. The van der Waals surface area contributed by atoms with Gasteiger partial charge in [0, 0.05) is 26.4 Å². The number of hydrogen-bond donors (Lipinski definition) is 3. The van der Waals surface area contributed by atoms with Gasteiger partial charge in [0.05, 0.1) is 18.6 Å². The monoisotopic (exact) mass is 228 g/mol. The van der Waals surface area contributed by atoms with E-state index >= 15 is 0 Å². The smallest absolute Gasteiger partial charge is 0.166 e. The zero-order valence-electron chi connectivity index (χ0n) is 8.75. The molecule has 0 spiro atoms. The first kappa shape index (κ1) is 11.9. The summed E-state index contributed by atoms with van der Waals surface area (Å²) in [6, 6.07) is 0. The van der Waals surface area contributed by atoms with Gasteiger partial charge in [-0.1, -0.05) is 0 Å². The van der Waals surface area contributed by atoms with Crippen molar-refractivity contribution in [2.75, 3.05) is 20.2 Å². The lowest BCUT2D eigenvalue weighted by Gasteiger charge is -2.06. The highest BCUT2D eigenvalue weighted by Crippen LogP contribution is 1.94. The minimum Gasteiger partial charge on any atom is -0.375 e. The van der Waals surface area contributed by atoms with Crippen molar-refractivity contribution in [3.8, 4) is 0 Å². The van der Waals surface area contributed by atoms with Crippen molar-refractivity contribution >= 4 is 17.3 Å². The summed E-state index contributed by atoms with van der Waals surface area (Å²) in [5.41, 5.74) is 0.925. The Labute approximate surface area is 94.6 Å². The van der Waals surface area contributed by atoms with E-state index in [0.29, 0.717) is 18.3 Å². The highest BCUT2D eigenvalue weighted by Gasteiger charge is 1.95. The predicted octanol–water partition coefficient (Wildman–Crippen LogP) is 0.410. The van der Waals surface area contributed by atoms with Gasteiger partial charge in [-0.25, -0.2) is 4.98 Å². The van der Waals surface area contributed by atoms with Crippen LogP contribution in [-0.2, 0) is 11.3 Å². The Kier molecular flexibility index (Phi) is 5.72. The van der Waals surface area contributed by atoms with Crippen molar-refractivity contribution in [2.24, 2.45) is 0 Å². The zero-order chi connectivity index (χ0) is 10.9. The quantitative estimate of drug-likeness (QED) is 0.486. The molecule has 3 N–H and O–H groups in total. The molecular formula is C9H16N4OS. The number of thiocarbonyl (C=S) groups is 1. The van der Waals surface area contributed by atoms with Crippen LogP contribution in [0.15, 0.2) is 12.5 Å². The molecule has 1 heterocycles. The molecule has 0 aliphatic carbocycles. The number of aromatic nitrogens is 2. The molecule has 6 heteroatoms. The molecule has 0 atom stereocenters. The van der Waals surface area contributed by atoms with E-state index in [1.807, 2.05) is 6.20 Å². The Morgan fingerprint density at radius 1 is 1.67 bits per heavy atom. The maximum absolute atomic E-state index is 5.41. The Morgan fingerprint density at radius 2 is 2.53 bits per heavy atom. The second-order valence-corrected chi connectivity index (χ2v) is 3.38. The average Bonchev–Trinajstić information content (AvgIpc) is 2.75. The van der Waals surface area contributed by atoms with Crippen molar-refractivity contribution < 1.29 is 4.74 Å². The fraction of sp³-hybridized carbons (Fsp3) is 0.556. The van der Waals surface area contributed by atoms with Crippen LogP contribution in [0, 0.1) is 0 Å². The van der Waals surface area contributed by atoms with Crippen molar-refractivity contribution in [1.29, 1.82) is 0 Å². The van der Waals surface area contributed by atoms with E-state index in [0.717, 1.165) is 18.7 Å². The number of imidazole rings is 1. The first-order valence-electron chi connectivity index (χ1n) is 4.84. The summed E-state index contributed by atoms with van der Waals surface area (Å²) in [6.45, 7) is 2.08. The number of H-pyrrole nitrogens is 1. The number of aromatic amines is 1. The second kappa shape index (κ2) is 7.19. The highest BCUT2D eigenvalue weighted by atomic mass is 32.1. The molecule has 84 valence electrons. The van der Waals surface area contributed by atoms with Crippen molar-refractivity contribution in [3.63, 3.8) is 0 Å². The molecule has 15 heavy (non-hydrogen) atoms. The molecular weight excluding hydrogens is 212 g/mol. The SMILES string of the molecule is CNC(=S)NCCCOCc1c[nH]cn1. The molecule has 0 bridgehead atoms. The van der Waals surface area contributed by atoms with E-state index in [-0.39, 0.29) is 0 Å². The van der Waals surface area contributed by atoms with Gasteiger partial charge in [0.15, 0.2) is 5.11 Å². The van der Waals surface area contributed by atoms with Gasteiger partial charge >= 0.3 is 0 Å². The number of ether oxygens (including phenoxy) is 1. The third kappa shape index (κ3) is 5.34. The molecule has 0 aromatic carbocycles. The Balaban J connectivity index is 1.91. The van der Waals surface area contributed by atoms with E-state index in [1.165, 1.54) is 0 Å². The van der Waals surface area contributed by atoms with E-state index in [2.05, 4.69) is 20.6 Å². The fourth-order valence-corrected chi connectivity index (χ4v) is 1.11. The van der Waals surface area contributed by atoms with Gasteiger partial charge in [-0.05, 0) is 18.6 Å². The molecule has 0 aliphatic heterocycles. The number of hydrogen-bond acceptors (Lipinski definition) is 3. The number of rotatable bonds is 6. The van der Waals surface area contributed by atoms with Gasteiger partial charge in [0.1, 0.15) is 0 Å². The number of nitrogens with zero attached hydrogens (tertiary/aromatic N) is 1. The van der Waals surface area contributed by atoms with Crippen molar-refractivity contribution in [2.45, 2.75) is 13.0 Å². The van der Waals surface area contributed by atoms with Crippen LogP contribution >= 0.6 is 12.2 Å². The van der Waals surface area contributed by atoms with Crippen molar-refractivity contribution in [3.05, 3.63) is 18.2 Å². The zero-order valence-corrected chi connectivity index (χ0v) is 9.56. The summed E-state index contributed by atoms with van der Waals surface area (Å²) in [5.74, 6) is 0. The van der Waals surface area contributed by atoms with Crippen LogP contribution in [0.1, 0.15) is 12.1 Å². The maximum Gasteiger partial charge on any atom is 0.166 e. The summed E-state index contributed by atoms with van der Waals surface area (Å²) in [4.78, 5) is 6.92. The van der Waals surface area contributed by atoms with Crippen LogP contribution in [-0.4, -0.2) is 35.3 Å². The van der Waals surface area contributed by atoms with Gasteiger partial charge in [-0.3, -0.25) is 0 Å². The summed E-state index contributed by atoms with van der Waals surface area (Å²) in [7, 11) is 1.80. The molecule has 0 aliphatic rings. The summed E-state index contributed by atoms with van der Waals surface area (Å²) >= 11 is 4.92. The minimum atomic E-state index is 0.556. The Morgan fingerprint density at radius 3 is 3.20 bits per heavy atom. The molecule has 0 amide bonds. The lowest BCUT2D eigenvalue weighted by molar-refractivity contribution is 0.117. The molecule has 5 nitrogen and oxygen atoms in total. The van der Waals surface area contributed by atoms with Crippen LogP contribution in [0.4, 0.5) is 0 Å².